The van der Waals surface area contributed by atoms with Gasteiger partial charge < -0.3 is 0 Å². The third-order valence-electron chi connectivity index (χ3n) is 4.73. The van der Waals surface area contributed by atoms with Crippen molar-refractivity contribution in [2.75, 3.05) is 6.54 Å². The van der Waals surface area contributed by atoms with Gasteiger partial charge in [0.1, 0.15) is 0 Å². The first-order valence-corrected chi connectivity index (χ1v) is 10.9. The molecule has 2 heterocycles. The molecule has 1 aliphatic rings. The summed E-state index contributed by atoms with van der Waals surface area (Å²) in [7, 11) is -3.46. The Morgan fingerprint density at radius 2 is 1.83 bits per heavy atom. The van der Waals surface area contributed by atoms with Gasteiger partial charge in [0, 0.05) is 16.3 Å². The Balaban J connectivity index is 1.97. The van der Waals surface area contributed by atoms with Gasteiger partial charge in [0.15, 0.2) is 0 Å². The van der Waals surface area contributed by atoms with E-state index in [1.54, 1.807) is 27.8 Å². The highest BCUT2D eigenvalue weighted by Crippen LogP contribution is 2.37. The summed E-state index contributed by atoms with van der Waals surface area (Å²) in [4.78, 5) is 2.82. The lowest BCUT2D eigenvalue weighted by Gasteiger charge is -2.28. The molecule has 1 aromatic carbocycles. The first-order chi connectivity index (χ1) is 11.5. The van der Waals surface area contributed by atoms with Gasteiger partial charge in [0.05, 0.1) is 10.9 Å². The molecule has 1 aliphatic heterocycles. The van der Waals surface area contributed by atoms with E-state index in [1.165, 1.54) is 9.75 Å². The Labute approximate surface area is 149 Å². The van der Waals surface area contributed by atoms with Gasteiger partial charge in [-0.05, 0) is 56.0 Å². The van der Waals surface area contributed by atoms with Gasteiger partial charge in [-0.15, -0.1) is 11.3 Å². The molecule has 24 heavy (non-hydrogen) atoms. The van der Waals surface area contributed by atoms with Crippen molar-refractivity contribution in [2.45, 2.75) is 56.9 Å². The Bertz CT molecular complexity index is 778. The molecule has 130 valence electrons. The molecule has 3 rings (SSSR count). The number of nitrogens with zero attached hydrogens (tertiary/aromatic N) is 1. The number of hydrogen-bond donors (Lipinski definition) is 0. The van der Waals surface area contributed by atoms with E-state index in [0.717, 1.165) is 37.7 Å². The summed E-state index contributed by atoms with van der Waals surface area (Å²) in [5.74, 6) is 0. The van der Waals surface area contributed by atoms with Crippen LogP contribution in [0.1, 0.15) is 54.0 Å². The average Bonchev–Trinajstić information content (AvgIpc) is 2.86. The second kappa shape index (κ2) is 7.38. The van der Waals surface area contributed by atoms with Crippen molar-refractivity contribution in [2.24, 2.45) is 0 Å². The van der Waals surface area contributed by atoms with Crippen molar-refractivity contribution < 1.29 is 8.42 Å². The summed E-state index contributed by atoms with van der Waals surface area (Å²) in [5.41, 5.74) is 1.16. The van der Waals surface area contributed by atoms with Crippen molar-refractivity contribution in [3.8, 4) is 0 Å². The summed E-state index contributed by atoms with van der Waals surface area (Å²) in [6, 6.07) is 11.5. The van der Waals surface area contributed by atoms with Crippen molar-refractivity contribution in [1.29, 1.82) is 0 Å². The molecule has 1 aromatic heterocycles. The van der Waals surface area contributed by atoms with Crippen molar-refractivity contribution in [3.63, 3.8) is 0 Å². The molecule has 0 saturated carbocycles. The first-order valence-electron chi connectivity index (χ1n) is 8.69. The monoisotopic (exact) mass is 363 g/mol. The van der Waals surface area contributed by atoms with Gasteiger partial charge in [0.2, 0.25) is 10.0 Å². The minimum Gasteiger partial charge on any atom is -0.207 e. The fourth-order valence-electron chi connectivity index (χ4n) is 3.32. The molecule has 1 saturated heterocycles. The highest BCUT2D eigenvalue weighted by atomic mass is 32.2. The predicted octanol–water partition coefficient (Wildman–Crippen LogP) is 4.92. The van der Waals surface area contributed by atoms with Crippen LogP contribution in [0.2, 0.25) is 0 Å². The van der Waals surface area contributed by atoms with E-state index in [-0.39, 0.29) is 6.04 Å². The third kappa shape index (κ3) is 3.58. The maximum Gasteiger partial charge on any atom is 0.243 e. The Hall–Kier alpha value is -1.17. The van der Waals surface area contributed by atoms with Gasteiger partial charge in [0.25, 0.3) is 0 Å². The minimum absolute atomic E-state index is 0.0259. The average molecular weight is 364 g/mol. The highest BCUT2D eigenvalue weighted by Gasteiger charge is 2.34. The van der Waals surface area contributed by atoms with Crippen molar-refractivity contribution in [3.05, 3.63) is 51.7 Å². The maximum absolute atomic E-state index is 13.3. The number of aryl methyl sites for hydroxylation is 2. The minimum atomic E-state index is -3.46. The van der Waals surface area contributed by atoms with Crippen LogP contribution in [0.15, 0.2) is 41.3 Å². The largest absolute Gasteiger partial charge is 0.243 e. The lowest BCUT2D eigenvalue weighted by molar-refractivity contribution is 0.333. The normalized spacial score (nSPS) is 20.0. The molecule has 3 nitrogen and oxygen atoms in total. The molecule has 2 aromatic rings. The fraction of sp³-hybridized carbons (Fsp3) is 0.474. The van der Waals surface area contributed by atoms with E-state index in [9.17, 15) is 8.42 Å². The molecule has 0 spiro atoms. The number of rotatable bonds is 4. The van der Waals surface area contributed by atoms with E-state index in [4.69, 9.17) is 0 Å². The number of benzene rings is 1. The summed E-state index contributed by atoms with van der Waals surface area (Å²) >= 11 is 1.72. The number of sulfonamides is 1. The molecule has 1 atom stereocenters. The van der Waals surface area contributed by atoms with E-state index in [2.05, 4.69) is 26.0 Å². The zero-order chi connectivity index (χ0) is 17.2. The molecule has 0 unspecified atom stereocenters. The smallest absolute Gasteiger partial charge is 0.207 e. The maximum atomic E-state index is 13.3. The molecule has 0 amide bonds. The van der Waals surface area contributed by atoms with E-state index >= 15 is 0 Å². The molecular formula is C19H25NO2S2. The van der Waals surface area contributed by atoms with Crippen LogP contribution in [0.4, 0.5) is 0 Å². The second-order valence-electron chi connectivity index (χ2n) is 6.43. The standard InChI is InChI=1S/C19H25NO2S2/c1-3-16-9-11-17(12-10-16)24(21,22)20-14-6-4-5-7-18(20)19-13-8-15(2)23-19/h8-13,18H,3-7,14H2,1-2H3/t18-/m1/s1. The summed E-state index contributed by atoms with van der Waals surface area (Å²) < 4.78 is 28.3. The second-order valence-corrected chi connectivity index (χ2v) is 9.64. The summed E-state index contributed by atoms with van der Waals surface area (Å²) in [5, 5.41) is 0. The van der Waals surface area contributed by atoms with Gasteiger partial charge in [-0.3, -0.25) is 0 Å². The van der Waals surface area contributed by atoms with Crippen molar-refractivity contribution in [1.82, 2.24) is 4.31 Å². The van der Waals surface area contributed by atoms with E-state index < -0.39 is 10.0 Å². The predicted molar refractivity (Wildman–Crippen MR) is 100.0 cm³/mol. The first kappa shape index (κ1) is 17.6. The summed E-state index contributed by atoms with van der Waals surface area (Å²) in [6.07, 6.45) is 4.95. The molecule has 0 bridgehead atoms. The third-order valence-corrected chi connectivity index (χ3v) is 7.76. The SMILES string of the molecule is CCc1ccc(S(=O)(=O)N2CCCCC[C@@H]2c2ccc(C)s2)cc1. The molecule has 0 aliphatic carbocycles. The number of thiophene rings is 1. The van der Waals surface area contributed by atoms with Crippen LogP contribution in [-0.2, 0) is 16.4 Å². The van der Waals surface area contributed by atoms with Crippen LogP contribution in [0.3, 0.4) is 0 Å². The van der Waals surface area contributed by atoms with Gasteiger partial charge in [-0.1, -0.05) is 31.9 Å². The Morgan fingerprint density at radius 1 is 1.08 bits per heavy atom. The highest BCUT2D eigenvalue weighted by molar-refractivity contribution is 7.89. The summed E-state index contributed by atoms with van der Waals surface area (Å²) in [6.45, 7) is 4.76. The lowest BCUT2D eigenvalue weighted by atomic mass is 10.1. The molecule has 5 heteroatoms. The molecule has 1 fully saturated rings. The van der Waals surface area contributed by atoms with Crippen LogP contribution < -0.4 is 0 Å². The van der Waals surface area contributed by atoms with E-state index in [0.29, 0.717) is 11.4 Å². The zero-order valence-corrected chi connectivity index (χ0v) is 16.0. The van der Waals surface area contributed by atoms with Gasteiger partial charge in [-0.2, -0.15) is 4.31 Å². The van der Waals surface area contributed by atoms with Gasteiger partial charge >= 0.3 is 0 Å². The fourth-order valence-corrected chi connectivity index (χ4v) is 6.08. The van der Waals surface area contributed by atoms with Crippen LogP contribution >= 0.6 is 11.3 Å². The van der Waals surface area contributed by atoms with Crippen LogP contribution in [-0.4, -0.2) is 19.3 Å². The molecule has 0 N–H and O–H groups in total. The number of hydrogen-bond acceptors (Lipinski definition) is 3. The molecular weight excluding hydrogens is 338 g/mol. The quantitative estimate of drug-likeness (QED) is 0.773. The van der Waals surface area contributed by atoms with Crippen molar-refractivity contribution >= 4 is 21.4 Å². The molecule has 0 radical (unpaired) electrons. The zero-order valence-electron chi connectivity index (χ0n) is 14.4. The topological polar surface area (TPSA) is 37.4 Å². The lowest BCUT2D eigenvalue weighted by Crippen LogP contribution is -2.34. The Morgan fingerprint density at radius 3 is 2.46 bits per heavy atom. The van der Waals surface area contributed by atoms with E-state index in [1.807, 2.05) is 12.1 Å². The van der Waals surface area contributed by atoms with Crippen LogP contribution in [0.25, 0.3) is 0 Å². The van der Waals surface area contributed by atoms with Gasteiger partial charge in [-0.25, -0.2) is 8.42 Å². The Kier molecular flexibility index (Phi) is 5.42. The van der Waals surface area contributed by atoms with Crippen LogP contribution in [0, 0.1) is 6.92 Å². The van der Waals surface area contributed by atoms with Crippen LogP contribution in [0.5, 0.6) is 0 Å².